The van der Waals surface area contributed by atoms with E-state index in [0.29, 0.717) is 12.4 Å². The molecule has 5 rings (SSSR count). The van der Waals surface area contributed by atoms with Crippen LogP contribution in [0.15, 0.2) is 59.2 Å². The Balaban J connectivity index is 1.50. The van der Waals surface area contributed by atoms with Crippen molar-refractivity contribution in [3.8, 4) is 0 Å². The van der Waals surface area contributed by atoms with Gasteiger partial charge in [-0.2, -0.15) is 4.55 Å². The van der Waals surface area contributed by atoms with E-state index in [-0.39, 0.29) is 11.3 Å². The first-order chi connectivity index (χ1) is 21.2. The van der Waals surface area contributed by atoms with Gasteiger partial charge in [0.2, 0.25) is 0 Å². The highest BCUT2D eigenvalue weighted by Gasteiger charge is 2.52. The van der Waals surface area contributed by atoms with Crippen LogP contribution in [0, 0.1) is 5.41 Å². The van der Waals surface area contributed by atoms with Crippen molar-refractivity contribution in [1.29, 1.82) is 0 Å². The Labute approximate surface area is 271 Å². The van der Waals surface area contributed by atoms with Gasteiger partial charge in [0.05, 0.1) is 38.9 Å². The van der Waals surface area contributed by atoms with Crippen molar-refractivity contribution in [3.63, 3.8) is 0 Å². The molecule has 4 aliphatic rings. The number of aliphatic hydroxyl groups excluding tert-OH is 1. The molecule has 0 amide bonds. The van der Waals surface area contributed by atoms with E-state index in [4.69, 9.17) is 4.74 Å². The number of hydrogen-bond acceptors (Lipinski definition) is 5. The number of quaternary nitrogens is 1. The van der Waals surface area contributed by atoms with E-state index in [1.54, 1.807) is 0 Å². The van der Waals surface area contributed by atoms with Gasteiger partial charge in [0.1, 0.15) is 5.76 Å². The van der Waals surface area contributed by atoms with Gasteiger partial charge in [0.25, 0.3) is 0 Å². The second-order valence-corrected chi connectivity index (χ2v) is 15.3. The fraction of sp³-hybridized carbons (Fsp3) is 0.676. The second-order valence-electron chi connectivity index (χ2n) is 13.9. The quantitative estimate of drug-likeness (QED) is 0.0681. The Kier molecular flexibility index (Phi) is 12.9. The number of ether oxygens (including phenoxy) is 1. The van der Waals surface area contributed by atoms with Gasteiger partial charge in [-0.1, -0.05) is 52.2 Å². The molecular weight excluding hydrogens is 566 g/mol. The number of piperazine rings is 3. The van der Waals surface area contributed by atoms with Crippen molar-refractivity contribution < 1.29 is 18.9 Å². The van der Waals surface area contributed by atoms with Crippen molar-refractivity contribution in [2.75, 3.05) is 77.2 Å². The Morgan fingerprint density at radius 1 is 1.07 bits per heavy atom. The molecule has 3 fully saturated rings. The van der Waals surface area contributed by atoms with Gasteiger partial charge in [-0.15, -0.1) is 0 Å². The van der Waals surface area contributed by atoms with E-state index in [9.17, 15) is 9.66 Å². The van der Waals surface area contributed by atoms with E-state index in [1.807, 2.05) is 39.2 Å². The zero-order valence-corrected chi connectivity index (χ0v) is 29.2. The molecule has 2 N–H and O–H groups in total. The normalized spacial score (nSPS) is 28.1. The summed E-state index contributed by atoms with van der Waals surface area (Å²) in [5, 5.41) is 12.4. The number of anilines is 1. The summed E-state index contributed by atoms with van der Waals surface area (Å²) in [6, 6.07) is 6.33. The van der Waals surface area contributed by atoms with Crippen LogP contribution in [-0.2, 0) is 15.9 Å². The Morgan fingerprint density at radius 2 is 1.73 bits per heavy atom. The van der Waals surface area contributed by atoms with E-state index in [1.165, 1.54) is 56.7 Å². The minimum atomic E-state index is -0.946. The molecule has 0 spiro atoms. The number of aliphatic hydroxyl groups is 1. The van der Waals surface area contributed by atoms with Gasteiger partial charge in [0.15, 0.2) is 21.8 Å². The number of allylic oxidation sites excluding steroid dienone is 3. The number of unbranched alkanes of at least 4 members (excludes halogenated alkanes) is 3. The predicted octanol–water partition coefficient (Wildman–Crippen LogP) is 6.99. The van der Waals surface area contributed by atoms with Gasteiger partial charge in [0, 0.05) is 56.3 Å². The van der Waals surface area contributed by atoms with Gasteiger partial charge in [-0.3, -0.25) is 4.90 Å². The SMILES string of the molecule is C=C(/C=C\C(=C/C)OCCCC[N+]12CCN(CC1)CC2)[C@@H]1c2cc(N(C)C)ccc2[S+](O)CC(CCCC)(CCCC)[C@@H]1O. The molecule has 3 atom stereocenters. The Bertz CT molecular complexity index is 1120. The lowest BCUT2D eigenvalue weighted by molar-refractivity contribution is -0.941. The first-order valence-corrected chi connectivity index (χ1v) is 18.7. The van der Waals surface area contributed by atoms with Crippen LogP contribution >= 0.6 is 0 Å². The van der Waals surface area contributed by atoms with Crippen LogP contribution in [0.4, 0.5) is 5.69 Å². The highest BCUT2D eigenvalue weighted by Crippen LogP contribution is 2.50. The average Bonchev–Trinajstić information content (AvgIpc) is 3.12. The largest absolute Gasteiger partial charge is 0.494 e. The first kappa shape index (κ1) is 35.1. The standard InChI is InChI=1S/C37H61N3O3S/c1-7-10-18-37(19-11-8-2)29-44(42)34-17-15-31(38(5)6)28-33(34)35(36(37)41)30(4)14-16-32(9-3)43-27-13-12-23-40-24-20-39(21-25-40)22-26-40/h9,14-17,28,35-36,41-42H,4,7-8,10-13,18-27,29H2,1-3,5-6H3/q+2/b16-14-,32-9+/t35-,36-,44?/m1/s1. The number of benzene rings is 1. The molecule has 1 aromatic carbocycles. The summed E-state index contributed by atoms with van der Waals surface area (Å²) >= 11 is -0.946. The number of rotatable bonds is 16. The van der Waals surface area contributed by atoms with Gasteiger partial charge >= 0.3 is 0 Å². The highest BCUT2D eigenvalue weighted by molar-refractivity contribution is 7.91. The fourth-order valence-corrected chi connectivity index (χ4v) is 9.43. The molecule has 1 unspecified atom stereocenters. The molecule has 6 nitrogen and oxygen atoms in total. The van der Waals surface area contributed by atoms with E-state index >= 15 is 0 Å². The highest BCUT2D eigenvalue weighted by atomic mass is 32.2. The molecule has 0 saturated carbocycles. The third kappa shape index (κ3) is 8.33. The van der Waals surface area contributed by atoms with E-state index in [2.05, 4.69) is 48.4 Å². The predicted molar refractivity (Wildman–Crippen MR) is 188 cm³/mol. The third-order valence-electron chi connectivity index (χ3n) is 10.6. The smallest absolute Gasteiger partial charge is 0.194 e. The minimum absolute atomic E-state index is 0.295. The maximum absolute atomic E-state index is 12.4. The van der Waals surface area contributed by atoms with Crippen molar-refractivity contribution in [2.45, 2.75) is 89.1 Å². The molecule has 2 bridgehead atoms. The van der Waals surface area contributed by atoms with Crippen LogP contribution in [0.1, 0.15) is 83.6 Å². The molecule has 44 heavy (non-hydrogen) atoms. The molecule has 0 aliphatic carbocycles. The summed E-state index contributed by atoms with van der Waals surface area (Å²) in [6.45, 7) is 20.7. The van der Waals surface area contributed by atoms with Gasteiger partial charge < -0.3 is 19.2 Å². The van der Waals surface area contributed by atoms with Crippen LogP contribution < -0.4 is 4.90 Å². The molecule has 1 aromatic rings. The van der Waals surface area contributed by atoms with Crippen LogP contribution in [-0.4, -0.2) is 97.4 Å². The van der Waals surface area contributed by atoms with E-state index in [0.717, 1.165) is 72.4 Å². The molecule has 246 valence electrons. The topological polar surface area (TPSA) is 56.2 Å². The molecule has 7 heteroatoms. The summed E-state index contributed by atoms with van der Waals surface area (Å²) in [7, 11) is 4.08. The zero-order chi connectivity index (χ0) is 31.7. The lowest BCUT2D eigenvalue weighted by Gasteiger charge is -2.50. The molecule has 3 saturated heterocycles. The van der Waals surface area contributed by atoms with Crippen LogP contribution in [0.25, 0.3) is 0 Å². The third-order valence-corrected chi connectivity index (χ3v) is 12.4. The van der Waals surface area contributed by atoms with Gasteiger partial charge in [-0.05, 0) is 68.5 Å². The maximum Gasteiger partial charge on any atom is 0.194 e. The molecule has 4 aliphatic heterocycles. The lowest BCUT2D eigenvalue weighted by atomic mass is 9.68. The van der Waals surface area contributed by atoms with Crippen molar-refractivity contribution in [3.05, 3.63) is 59.9 Å². The summed E-state index contributed by atoms with van der Waals surface area (Å²) in [5.74, 6) is 1.16. The van der Waals surface area contributed by atoms with Crippen LogP contribution in [0.3, 0.4) is 0 Å². The van der Waals surface area contributed by atoms with E-state index < -0.39 is 17.3 Å². The lowest BCUT2D eigenvalue weighted by Crippen LogP contribution is -2.67. The fourth-order valence-electron chi connectivity index (χ4n) is 7.58. The van der Waals surface area contributed by atoms with Crippen molar-refractivity contribution in [2.24, 2.45) is 5.41 Å². The molecule has 4 heterocycles. The van der Waals surface area contributed by atoms with Gasteiger partial charge in [-0.25, -0.2) is 0 Å². The average molecular weight is 628 g/mol. The molecule has 0 radical (unpaired) electrons. The monoisotopic (exact) mass is 627 g/mol. The van der Waals surface area contributed by atoms with Crippen LogP contribution in [0.5, 0.6) is 0 Å². The summed E-state index contributed by atoms with van der Waals surface area (Å²) in [5.41, 5.74) is 2.59. The number of hydrogen-bond donors (Lipinski definition) is 2. The molecular formula is C37H61N3O3S+2. The number of fused-ring (bicyclic) bond motifs is 4. The second kappa shape index (κ2) is 16.2. The number of nitrogens with zero attached hydrogens (tertiary/aromatic N) is 3. The summed E-state index contributed by atoms with van der Waals surface area (Å²) < 4.78 is 19.2. The van der Waals surface area contributed by atoms with Crippen molar-refractivity contribution in [1.82, 2.24) is 4.90 Å². The Morgan fingerprint density at radius 3 is 2.32 bits per heavy atom. The van der Waals surface area contributed by atoms with Crippen molar-refractivity contribution >= 4 is 16.9 Å². The first-order valence-electron chi connectivity index (χ1n) is 17.3. The Hall–Kier alpha value is -1.77. The maximum atomic E-state index is 12.4. The summed E-state index contributed by atoms with van der Waals surface area (Å²) in [4.78, 5) is 5.65. The zero-order valence-electron chi connectivity index (χ0n) is 28.4. The minimum Gasteiger partial charge on any atom is -0.494 e. The van der Waals surface area contributed by atoms with Crippen LogP contribution in [0.2, 0.25) is 0 Å². The summed E-state index contributed by atoms with van der Waals surface area (Å²) in [6.07, 6.45) is 13.8. The molecule has 0 aromatic heterocycles.